The molecule has 0 radical (unpaired) electrons. The Morgan fingerprint density at radius 2 is 2.31 bits per heavy atom. The van der Waals surface area contributed by atoms with Gasteiger partial charge in [-0.05, 0) is 13.8 Å². The lowest BCUT2D eigenvalue weighted by Gasteiger charge is -2.05. The maximum absolute atomic E-state index is 7.39. The fourth-order valence-corrected chi connectivity index (χ4v) is 1.35. The Morgan fingerprint density at radius 3 is 2.77 bits per heavy atom. The summed E-state index contributed by atoms with van der Waals surface area (Å²) in [6.07, 6.45) is 0. The molecule has 0 atom stereocenters. The van der Waals surface area contributed by atoms with Gasteiger partial charge in [0.05, 0.1) is 11.3 Å². The molecule has 0 unspecified atom stereocenters. The van der Waals surface area contributed by atoms with E-state index in [-0.39, 0.29) is 5.84 Å². The maximum Gasteiger partial charge on any atom is 0.135 e. The molecule has 5 heteroatoms. The zero-order valence-electron chi connectivity index (χ0n) is 8.18. The highest BCUT2D eigenvalue weighted by molar-refractivity contribution is 6.00. The maximum atomic E-state index is 7.39. The minimum absolute atomic E-state index is 0.0570. The molecular formula is C8H15N5. The second-order valence-electron chi connectivity index (χ2n) is 2.88. The molecule has 1 rings (SSSR count). The number of amidine groups is 1. The second-order valence-corrected chi connectivity index (χ2v) is 2.88. The summed E-state index contributed by atoms with van der Waals surface area (Å²) in [6.45, 7) is 4.63. The van der Waals surface area contributed by atoms with E-state index in [1.807, 2.05) is 20.9 Å². The summed E-state index contributed by atoms with van der Waals surface area (Å²) >= 11 is 0. The molecule has 0 saturated carbocycles. The van der Waals surface area contributed by atoms with E-state index >= 15 is 0 Å². The Hall–Kier alpha value is -1.52. The largest absolute Gasteiger partial charge is 0.384 e. The highest BCUT2D eigenvalue weighted by atomic mass is 15.3. The molecule has 1 aromatic rings. The molecule has 72 valence electrons. The first-order valence-corrected chi connectivity index (χ1v) is 4.19. The summed E-state index contributed by atoms with van der Waals surface area (Å²) < 4.78 is 1.70. The zero-order chi connectivity index (χ0) is 10.0. The van der Waals surface area contributed by atoms with E-state index < -0.39 is 0 Å². The predicted octanol–water partition coefficient (Wildman–Crippen LogP) is 0.444. The number of hydrogen-bond acceptors (Lipinski definition) is 3. The van der Waals surface area contributed by atoms with E-state index in [4.69, 9.17) is 11.1 Å². The van der Waals surface area contributed by atoms with Gasteiger partial charge in [-0.2, -0.15) is 5.10 Å². The first-order valence-electron chi connectivity index (χ1n) is 4.19. The van der Waals surface area contributed by atoms with Crippen molar-refractivity contribution in [3.8, 4) is 0 Å². The molecule has 1 heterocycles. The van der Waals surface area contributed by atoms with Gasteiger partial charge in [-0.3, -0.25) is 10.1 Å². The second kappa shape index (κ2) is 3.47. The summed E-state index contributed by atoms with van der Waals surface area (Å²) in [5.41, 5.74) is 6.93. The Morgan fingerprint density at radius 1 is 1.69 bits per heavy atom. The zero-order valence-corrected chi connectivity index (χ0v) is 8.18. The molecule has 4 N–H and O–H groups in total. The molecule has 0 amide bonds. The number of hydrogen-bond donors (Lipinski definition) is 3. The lowest BCUT2D eigenvalue weighted by atomic mass is 10.2. The average molecular weight is 181 g/mol. The number of nitrogens with zero attached hydrogens (tertiary/aromatic N) is 2. The quantitative estimate of drug-likeness (QED) is 0.467. The number of nitrogens with one attached hydrogen (secondary N) is 2. The van der Waals surface area contributed by atoms with Gasteiger partial charge < -0.3 is 11.1 Å². The Balaban J connectivity index is 3.20. The van der Waals surface area contributed by atoms with Crippen LogP contribution in [-0.2, 0) is 7.05 Å². The lowest BCUT2D eigenvalue weighted by molar-refractivity contribution is 0.760. The minimum atomic E-state index is 0.0570. The lowest BCUT2D eigenvalue weighted by Crippen LogP contribution is -2.15. The predicted molar refractivity (Wildman–Crippen MR) is 53.1 cm³/mol. The third kappa shape index (κ3) is 1.63. The molecule has 0 aromatic carbocycles. The smallest absolute Gasteiger partial charge is 0.135 e. The van der Waals surface area contributed by atoms with Crippen LogP contribution in [-0.4, -0.2) is 22.2 Å². The monoisotopic (exact) mass is 181 g/mol. The first kappa shape index (κ1) is 9.57. The number of nitrogens with two attached hydrogens (primary N) is 1. The van der Waals surface area contributed by atoms with E-state index in [2.05, 4.69) is 10.4 Å². The number of nitrogen functional groups attached to an aromatic ring is 1. The van der Waals surface area contributed by atoms with Crippen LogP contribution in [0.1, 0.15) is 18.2 Å². The van der Waals surface area contributed by atoms with Crippen molar-refractivity contribution in [2.75, 3.05) is 11.9 Å². The van der Waals surface area contributed by atoms with Crippen LogP contribution >= 0.6 is 0 Å². The summed E-state index contributed by atoms with van der Waals surface area (Å²) in [7, 11) is 1.83. The van der Waals surface area contributed by atoms with Crippen molar-refractivity contribution in [1.82, 2.24) is 9.78 Å². The van der Waals surface area contributed by atoms with Crippen molar-refractivity contribution in [1.29, 1.82) is 5.41 Å². The van der Waals surface area contributed by atoms with Gasteiger partial charge in [-0.1, -0.05) is 0 Å². The Bertz CT molecular complexity index is 326. The van der Waals surface area contributed by atoms with Crippen molar-refractivity contribution in [3.05, 3.63) is 11.3 Å². The van der Waals surface area contributed by atoms with Crippen LogP contribution in [0.15, 0.2) is 0 Å². The SMILES string of the molecule is CCNc1c(C(=N)N)c(C)nn1C. The van der Waals surface area contributed by atoms with E-state index in [1.54, 1.807) is 4.68 Å². The normalized spacial score (nSPS) is 10.1. The van der Waals surface area contributed by atoms with Gasteiger partial charge in [0.1, 0.15) is 11.7 Å². The molecule has 0 fully saturated rings. The summed E-state index contributed by atoms with van der Waals surface area (Å²) in [5, 5.41) is 14.7. The molecule has 1 aromatic heterocycles. The minimum Gasteiger partial charge on any atom is -0.384 e. The van der Waals surface area contributed by atoms with E-state index in [0.717, 1.165) is 18.1 Å². The fraction of sp³-hybridized carbons (Fsp3) is 0.500. The standard InChI is InChI=1S/C8H15N5/c1-4-11-8-6(7(9)10)5(2)12-13(8)3/h11H,4H2,1-3H3,(H3,9,10). The van der Waals surface area contributed by atoms with Crippen molar-refractivity contribution in [3.63, 3.8) is 0 Å². The molecule has 0 saturated heterocycles. The van der Waals surface area contributed by atoms with Crippen LogP contribution in [0.25, 0.3) is 0 Å². The van der Waals surface area contributed by atoms with Gasteiger partial charge in [0, 0.05) is 13.6 Å². The number of anilines is 1. The first-order chi connectivity index (χ1) is 6.07. The molecule has 0 aliphatic heterocycles. The third-order valence-corrected chi connectivity index (χ3v) is 1.84. The van der Waals surface area contributed by atoms with E-state index in [0.29, 0.717) is 5.56 Å². The van der Waals surface area contributed by atoms with Gasteiger partial charge in [0.15, 0.2) is 0 Å². The van der Waals surface area contributed by atoms with Crippen LogP contribution in [0, 0.1) is 12.3 Å². The Kier molecular flexibility index (Phi) is 2.55. The number of aryl methyl sites for hydroxylation is 2. The van der Waals surface area contributed by atoms with Gasteiger partial charge in [0.25, 0.3) is 0 Å². The van der Waals surface area contributed by atoms with Gasteiger partial charge in [-0.25, -0.2) is 0 Å². The van der Waals surface area contributed by atoms with E-state index in [1.165, 1.54) is 0 Å². The van der Waals surface area contributed by atoms with Crippen LogP contribution in [0.4, 0.5) is 5.82 Å². The van der Waals surface area contributed by atoms with Gasteiger partial charge in [-0.15, -0.1) is 0 Å². The summed E-state index contributed by atoms with van der Waals surface area (Å²) in [6, 6.07) is 0. The fourth-order valence-electron chi connectivity index (χ4n) is 1.35. The molecule has 0 bridgehead atoms. The summed E-state index contributed by atoms with van der Waals surface area (Å²) in [5.74, 6) is 0.869. The number of rotatable bonds is 3. The molecule has 0 aliphatic rings. The van der Waals surface area contributed by atoms with Crippen molar-refractivity contribution < 1.29 is 0 Å². The number of aromatic nitrogens is 2. The highest BCUT2D eigenvalue weighted by Crippen LogP contribution is 2.17. The van der Waals surface area contributed by atoms with Crippen molar-refractivity contribution >= 4 is 11.7 Å². The van der Waals surface area contributed by atoms with Gasteiger partial charge in [0.2, 0.25) is 0 Å². The van der Waals surface area contributed by atoms with Gasteiger partial charge >= 0.3 is 0 Å². The van der Waals surface area contributed by atoms with Crippen molar-refractivity contribution in [2.24, 2.45) is 12.8 Å². The average Bonchev–Trinajstić information content (AvgIpc) is 2.27. The molecule has 5 nitrogen and oxygen atoms in total. The molecular weight excluding hydrogens is 166 g/mol. The third-order valence-electron chi connectivity index (χ3n) is 1.84. The van der Waals surface area contributed by atoms with E-state index in [9.17, 15) is 0 Å². The van der Waals surface area contributed by atoms with Crippen molar-refractivity contribution in [2.45, 2.75) is 13.8 Å². The summed E-state index contributed by atoms with van der Waals surface area (Å²) in [4.78, 5) is 0. The highest BCUT2D eigenvalue weighted by Gasteiger charge is 2.14. The Labute approximate surface area is 77.4 Å². The van der Waals surface area contributed by atoms with Crippen LogP contribution in [0.3, 0.4) is 0 Å². The van der Waals surface area contributed by atoms with Crippen LogP contribution in [0.2, 0.25) is 0 Å². The van der Waals surface area contributed by atoms with Crippen LogP contribution < -0.4 is 11.1 Å². The molecule has 0 aliphatic carbocycles. The molecule has 0 spiro atoms. The topological polar surface area (TPSA) is 79.7 Å². The van der Waals surface area contributed by atoms with Crippen LogP contribution in [0.5, 0.6) is 0 Å². The molecule has 13 heavy (non-hydrogen) atoms.